The van der Waals surface area contributed by atoms with Crippen LogP contribution in [0.5, 0.6) is 0 Å². The number of hydrogen-bond donors (Lipinski definition) is 4. The van der Waals surface area contributed by atoms with Crippen molar-refractivity contribution in [2.24, 2.45) is 7.05 Å². The Hall–Kier alpha value is -3.72. The van der Waals surface area contributed by atoms with E-state index < -0.39 is 0 Å². The largest absolute Gasteiger partial charge is 0.383 e. The minimum absolute atomic E-state index is 0.127. The van der Waals surface area contributed by atoms with Crippen LogP contribution in [0.25, 0.3) is 11.1 Å². The standard InChI is InChI=1S/C21H23N7O2/c1-28-12-14(10-25-28)13-7-17(19(22)24-9-13)20(29)27-16-8-18(23-11-16)21(30)26-15-5-3-2-4-6-15/h2-7,9-10,12,16,18,23H,8,11H2,1H3,(H2,22,24)(H,26,30)(H,27,29)/t16-,18-/m0/s1. The van der Waals surface area contributed by atoms with E-state index in [4.69, 9.17) is 5.73 Å². The second-order valence-corrected chi connectivity index (χ2v) is 7.28. The van der Waals surface area contributed by atoms with Gasteiger partial charge in [-0.05, 0) is 24.6 Å². The lowest BCUT2D eigenvalue weighted by atomic mass is 10.1. The molecule has 0 unspecified atom stereocenters. The zero-order valence-corrected chi connectivity index (χ0v) is 16.5. The molecule has 1 fully saturated rings. The summed E-state index contributed by atoms with van der Waals surface area (Å²) in [6.45, 7) is 0.494. The van der Waals surface area contributed by atoms with Crippen molar-refractivity contribution in [3.05, 3.63) is 60.6 Å². The summed E-state index contributed by atoms with van der Waals surface area (Å²) < 4.78 is 1.68. The topological polar surface area (TPSA) is 127 Å². The van der Waals surface area contributed by atoms with E-state index in [1.165, 1.54) is 0 Å². The van der Waals surface area contributed by atoms with Crippen LogP contribution in [0.15, 0.2) is 55.0 Å². The van der Waals surface area contributed by atoms with E-state index >= 15 is 0 Å². The quantitative estimate of drug-likeness (QED) is 0.505. The maximum atomic E-state index is 12.8. The Morgan fingerprint density at radius 1 is 1.20 bits per heavy atom. The van der Waals surface area contributed by atoms with Crippen LogP contribution in [0, 0.1) is 0 Å². The van der Waals surface area contributed by atoms with Crippen LogP contribution in [0.2, 0.25) is 0 Å². The van der Waals surface area contributed by atoms with Crippen molar-refractivity contribution in [3.8, 4) is 11.1 Å². The molecule has 9 heteroatoms. The van der Waals surface area contributed by atoms with E-state index in [9.17, 15) is 9.59 Å². The molecule has 0 bridgehead atoms. The molecule has 2 aromatic heterocycles. The number of nitrogens with zero attached hydrogens (tertiary/aromatic N) is 3. The third-order valence-electron chi connectivity index (χ3n) is 5.03. The molecule has 2 atom stereocenters. The third-order valence-corrected chi connectivity index (χ3v) is 5.03. The van der Waals surface area contributed by atoms with Crippen LogP contribution in [0.3, 0.4) is 0 Å². The van der Waals surface area contributed by atoms with Gasteiger partial charge in [0, 0.05) is 48.8 Å². The molecular weight excluding hydrogens is 382 g/mol. The molecule has 1 aliphatic heterocycles. The molecule has 0 saturated carbocycles. The molecule has 1 aromatic carbocycles. The average Bonchev–Trinajstić information content (AvgIpc) is 3.38. The monoisotopic (exact) mass is 405 g/mol. The molecule has 0 aliphatic carbocycles. The van der Waals surface area contributed by atoms with Gasteiger partial charge >= 0.3 is 0 Å². The second kappa shape index (κ2) is 8.34. The Balaban J connectivity index is 1.39. The number of hydrogen-bond acceptors (Lipinski definition) is 6. The van der Waals surface area contributed by atoms with Gasteiger partial charge in [-0.2, -0.15) is 5.10 Å². The predicted octanol–water partition coefficient (Wildman–Crippen LogP) is 1.16. The smallest absolute Gasteiger partial charge is 0.255 e. The minimum Gasteiger partial charge on any atom is -0.383 e. The van der Waals surface area contributed by atoms with Gasteiger partial charge in [0.15, 0.2) is 0 Å². The van der Waals surface area contributed by atoms with Crippen LogP contribution in [-0.2, 0) is 11.8 Å². The second-order valence-electron chi connectivity index (χ2n) is 7.28. The molecule has 1 saturated heterocycles. The van der Waals surface area contributed by atoms with Gasteiger partial charge < -0.3 is 21.7 Å². The summed E-state index contributed by atoms with van der Waals surface area (Å²) in [5.74, 6) is -0.288. The molecule has 5 N–H and O–H groups in total. The van der Waals surface area contributed by atoms with Crippen molar-refractivity contribution >= 4 is 23.3 Å². The highest BCUT2D eigenvalue weighted by Gasteiger charge is 2.31. The molecule has 154 valence electrons. The number of nitrogens with one attached hydrogen (secondary N) is 3. The van der Waals surface area contributed by atoms with Crippen molar-refractivity contribution in [2.45, 2.75) is 18.5 Å². The molecule has 1 aliphatic rings. The Kier molecular flexibility index (Phi) is 5.44. The zero-order valence-electron chi connectivity index (χ0n) is 16.5. The number of aromatic nitrogens is 3. The minimum atomic E-state index is -0.382. The molecule has 3 aromatic rings. The Morgan fingerprint density at radius 3 is 2.73 bits per heavy atom. The lowest BCUT2D eigenvalue weighted by molar-refractivity contribution is -0.117. The summed E-state index contributed by atoms with van der Waals surface area (Å²) >= 11 is 0. The van der Waals surface area contributed by atoms with Gasteiger partial charge in [0.25, 0.3) is 5.91 Å². The number of carbonyl (C=O) groups is 2. The van der Waals surface area contributed by atoms with Crippen LogP contribution in [-0.4, -0.2) is 45.2 Å². The molecular formula is C21H23N7O2. The number of amides is 2. The lowest BCUT2D eigenvalue weighted by Crippen LogP contribution is -2.36. The number of nitrogens with two attached hydrogens (primary N) is 1. The van der Waals surface area contributed by atoms with Crippen LogP contribution >= 0.6 is 0 Å². The first-order valence-corrected chi connectivity index (χ1v) is 9.64. The fourth-order valence-corrected chi connectivity index (χ4v) is 3.44. The van der Waals surface area contributed by atoms with Gasteiger partial charge in [0.2, 0.25) is 5.91 Å². The van der Waals surface area contributed by atoms with Gasteiger partial charge in [0.1, 0.15) is 5.82 Å². The summed E-state index contributed by atoms with van der Waals surface area (Å²) in [5, 5.41) is 13.1. The van der Waals surface area contributed by atoms with Crippen molar-refractivity contribution < 1.29 is 9.59 Å². The first kappa shape index (κ1) is 19.6. The van der Waals surface area contributed by atoms with Gasteiger partial charge in [-0.1, -0.05) is 18.2 Å². The highest BCUT2D eigenvalue weighted by atomic mass is 16.2. The molecule has 9 nitrogen and oxygen atoms in total. The number of anilines is 2. The number of aryl methyl sites for hydroxylation is 1. The SMILES string of the molecule is Cn1cc(-c2cnc(N)c(C(=O)N[C@@H]3CN[C@H](C(=O)Nc4ccccc4)C3)c2)cn1. The molecule has 3 heterocycles. The van der Waals surface area contributed by atoms with Crippen LogP contribution in [0.4, 0.5) is 11.5 Å². The highest BCUT2D eigenvalue weighted by molar-refractivity contribution is 6.00. The summed E-state index contributed by atoms with van der Waals surface area (Å²) in [6, 6.07) is 10.4. The number of pyridine rings is 1. The van der Waals surface area contributed by atoms with E-state index in [1.807, 2.05) is 43.6 Å². The summed E-state index contributed by atoms with van der Waals surface area (Å²) in [7, 11) is 1.82. The van der Waals surface area contributed by atoms with E-state index in [-0.39, 0.29) is 29.7 Å². The number of nitrogen functional groups attached to an aromatic ring is 1. The summed E-state index contributed by atoms with van der Waals surface area (Å²) in [5.41, 5.74) is 8.58. The van der Waals surface area contributed by atoms with Gasteiger partial charge in [0.05, 0.1) is 17.8 Å². The van der Waals surface area contributed by atoms with Crippen molar-refractivity contribution in [3.63, 3.8) is 0 Å². The van der Waals surface area contributed by atoms with Crippen molar-refractivity contribution in [1.82, 2.24) is 25.4 Å². The number of para-hydroxylation sites is 1. The van der Waals surface area contributed by atoms with Gasteiger partial charge in [-0.25, -0.2) is 4.98 Å². The summed E-state index contributed by atoms with van der Waals surface area (Å²) in [4.78, 5) is 29.4. The number of carbonyl (C=O) groups excluding carboxylic acids is 2. The first-order chi connectivity index (χ1) is 14.5. The van der Waals surface area contributed by atoms with E-state index in [0.29, 0.717) is 18.5 Å². The van der Waals surface area contributed by atoms with E-state index in [0.717, 1.165) is 16.8 Å². The zero-order chi connectivity index (χ0) is 21.1. The van der Waals surface area contributed by atoms with Gasteiger partial charge in [-0.3, -0.25) is 14.3 Å². The molecule has 30 heavy (non-hydrogen) atoms. The molecule has 4 rings (SSSR count). The fourth-order valence-electron chi connectivity index (χ4n) is 3.44. The number of benzene rings is 1. The van der Waals surface area contributed by atoms with Crippen molar-refractivity contribution in [2.75, 3.05) is 17.6 Å². The average molecular weight is 405 g/mol. The first-order valence-electron chi connectivity index (χ1n) is 9.64. The maximum Gasteiger partial charge on any atom is 0.255 e. The number of rotatable bonds is 5. The van der Waals surface area contributed by atoms with Gasteiger partial charge in [-0.15, -0.1) is 0 Å². The normalized spacial score (nSPS) is 18.2. The predicted molar refractivity (Wildman–Crippen MR) is 114 cm³/mol. The van der Waals surface area contributed by atoms with Crippen LogP contribution in [0.1, 0.15) is 16.8 Å². The Morgan fingerprint density at radius 2 is 2.00 bits per heavy atom. The molecule has 2 amide bonds. The Bertz CT molecular complexity index is 1060. The molecule has 0 radical (unpaired) electrons. The summed E-state index contributed by atoms with van der Waals surface area (Å²) in [6.07, 6.45) is 5.64. The third kappa shape index (κ3) is 4.31. The van der Waals surface area contributed by atoms with Crippen LogP contribution < -0.4 is 21.7 Å². The van der Waals surface area contributed by atoms with E-state index in [2.05, 4.69) is 26.0 Å². The Labute approximate surface area is 173 Å². The lowest BCUT2D eigenvalue weighted by Gasteiger charge is -2.14. The van der Waals surface area contributed by atoms with E-state index in [1.54, 1.807) is 23.1 Å². The van der Waals surface area contributed by atoms with Crippen molar-refractivity contribution in [1.29, 1.82) is 0 Å². The fraction of sp³-hybridized carbons (Fsp3) is 0.238. The molecule has 0 spiro atoms. The highest BCUT2D eigenvalue weighted by Crippen LogP contribution is 2.22. The maximum absolute atomic E-state index is 12.8.